The largest absolute Gasteiger partial charge is 0.435 e. The highest BCUT2D eigenvalue weighted by Gasteiger charge is 2.34. The Balaban J connectivity index is 2.25. The highest BCUT2D eigenvalue weighted by atomic mass is 19.4. The van der Waals surface area contributed by atoms with Crippen LogP contribution in [0.5, 0.6) is 0 Å². The predicted octanol–water partition coefficient (Wildman–Crippen LogP) is 1.33. The highest BCUT2D eigenvalue weighted by Crippen LogP contribution is 2.29. The van der Waals surface area contributed by atoms with Crippen molar-refractivity contribution in [1.29, 1.82) is 0 Å². The van der Waals surface area contributed by atoms with Gasteiger partial charge in [-0.15, -0.1) is 0 Å². The van der Waals surface area contributed by atoms with Crippen LogP contribution in [0.25, 0.3) is 11.3 Å². The Hall–Kier alpha value is -2.45. The first-order valence-corrected chi connectivity index (χ1v) is 4.82. The number of aromatic nitrogens is 6. The molecule has 0 spiro atoms. The smallest absolute Gasteiger partial charge is 0.235 e. The van der Waals surface area contributed by atoms with E-state index in [0.717, 1.165) is 10.6 Å². The third-order valence-corrected chi connectivity index (χ3v) is 2.30. The zero-order valence-corrected chi connectivity index (χ0v) is 8.70. The van der Waals surface area contributed by atoms with Crippen molar-refractivity contribution >= 4 is 5.52 Å². The van der Waals surface area contributed by atoms with Crippen molar-refractivity contribution in [3.8, 4) is 5.82 Å². The second-order valence-electron chi connectivity index (χ2n) is 3.45. The third-order valence-electron chi connectivity index (χ3n) is 2.30. The molecule has 0 aromatic carbocycles. The number of hydrogen-bond acceptors (Lipinski definition) is 4. The summed E-state index contributed by atoms with van der Waals surface area (Å²) in [4.78, 5) is 7.70. The average molecular weight is 254 g/mol. The van der Waals surface area contributed by atoms with Crippen LogP contribution in [-0.4, -0.2) is 29.4 Å². The molecule has 0 amide bonds. The number of rotatable bonds is 1. The van der Waals surface area contributed by atoms with Crippen LogP contribution in [0.3, 0.4) is 0 Å². The second kappa shape index (κ2) is 3.52. The molecule has 0 aliphatic carbocycles. The molecule has 0 saturated heterocycles. The lowest BCUT2D eigenvalue weighted by atomic mass is 10.4. The zero-order chi connectivity index (χ0) is 12.8. The molecule has 0 N–H and O–H groups in total. The molecule has 0 unspecified atom stereocenters. The fourth-order valence-corrected chi connectivity index (χ4v) is 1.54. The van der Waals surface area contributed by atoms with Gasteiger partial charge in [0.25, 0.3) is 0 Å². The molecule has 0 aliphatic heterocycles. The fraction of sp³-hybridized carbons (Fsp3) is 0.111. The van der Waals surface area contributed by atoms with Gasteiger partial charge in [0.05, 0.1) is 0 Å². The van der Waals surface area contributed by atoms with Crippen molar-refractivity contribution < 1.29 is 13.2 Å². The van der Waals surface area contributed by atoms with E-state index >= 15 is 0 Å². The molecular formula is C9H5F3N6. The SMILES string of the molecule is FC(F)(F)c1cc2c(-n3cncn3)nccn2n1. The van der Waals surface area contributed by atoms with Gasteiger partial charge < -0.3 is 0 Å². The van der Waals surface area contributed by atoms with Crippen molar-refractivity contribution in [2.45, 2.75) is 6.18 Å². The molecule has 0 aliphatic rings. The first-order valence-electron chi connectivity index (χ1n) is 4.82. The molecule has 3 aromatic heterocycles. The van der Waals surface area contributed by atoms with E-state index in [2.05, 4.69) is 20.2 Å². The molecule has 92 valence electrons. The molecule has 6 nitrogen and oxygen atoms in total. The Labute approximate surface area is 97.7 Å². The van der Waals surface area contributed by atoms with Crippen molar-refractivity contribution in [3.05, 3.63) is 36.8 Å². The van der Waals surface area contributed by atoms with Gasteiger partial charge in [0, 0.05) is 18.5 Å². The van der Waals surface area contributed by atoms with Crippen LogP contribution in [0, 0.1) is 0 Å². The Kier molecular flexibility index (Phi) is 2.09. The van der Waals surface area contributed by atoms with Gasteiger partial charge in [-0.1, -0.05) is 0 Å². The summed E-state index contributed by atoms with van der Waals surface area (Å²) in [6, 6.07) is 0.921. The normalized spacial score (nSPS) is 12.2. The molecule has 0 radical (unpaired) electrons. The summed E-state index contributed by atoms with van der Waals surface area (Å²) in [6.07, 6.45) is 0.808. The third kappa shape index (κ3) is 1.60. The minimum atomic E-state index is -4.49. The molecule has 18 heavy (non-hydrogen) atoms. The van der Waals surface area contributed by atoms with E-state index in [0.29, 0.717) is 0 Å². The number of fused-ring (bicyclic) bond motifs is 1. The van der Waals surface area contributed by atoms with Crippen LogP contribution >= 0.6 is 0 Å². The molecule has 3 aromatic rings. The fourth-order valence-electron chi connectivity index (χ4n) is 1.54. The van der Waals surface area contributed by atoms with Crippen molar-refractivity contribution in [2.24, 2.45) is 0 Å². The summed E-state index contributed by atoms with van der Waals surface area (Å²) in [7, 11) is 0. The van der Waals surface area contributed by atoms with Gasteiger partial charge in [-0.3, -0.25) is 0 Å². The maximum atomic E-state index is 12.6. The lowest BCUT2D eigenvalue weighted by Crippen LogP contribution is -2.05. The number of alkyl halides is 3. The van der Waals surface area contributed by atoms with Crippen molar-refractivity contribution in [1.82, 2.24) is 29.4 Å². The van der Waals surface area contributed by atoms with Gasteiger partial charge in [-0.05, 0) is 0 Å². The average Bonchev–Trinajstić information content (AvgIpc) is 2.96. The standard InChI is InChI=1S/C9H5F3N6/c10-9(11,12)7-3-6-8(18-5-13-4-15-18)14-1-2-17(6)16-7/h1-5H. The molecule has 0 bridgehead atoms. The van der Waals surface area contributed by atoms with E-state index in [9.17, 15) is 13.2 Å². The maximum absolute atomic E-state index is 12.6. The summed E-state index contributed by atoms with van der Waals surface area (Å²) >= 11 is 0. The molecule has 0 atom stereocenters. The van der Waals surface area contributed by atoms with Gasteiger partial charge in [-0.25, -0.2) is 19.2 Å². The monoisotopic (exact) mass is 254 g/mol. The summed E-state index contributed by atoms with van der Waals surface area (Å²) in [5.74, 6) is 0.234. The van der Waals surface area contributed by atoms with Crippen LogP contribution in [0.2, 0.25) is 0 Å². The van der Waals surface area contributed by atoms with Crippen LogP contribution < -0.4 is 0 Å². The van der Waals surface area contributed by atoms with Gasteiger partial charge in [-0.2, -0.15) is 23.4 Å². The lowest BCUT2D eigenvalue weighted by Gasteiger charge is -2.00. The maximum Gasteiger partial charge on any atom is 0.435 e. The van der Waals surface area contributed by atoms with Gasteiger partial charge >= 0.3 is 6.18 Å². The second-order valence-corrected chi connectivity index (χ2v) is 3.45. The molecule has 0 saturated carbocycles. The van der Waals surface area contributed by atoms with Crippen molar-refractivity contribution in [2.75, 3.05) is 0 Å². The number of hydrogen-bond donors (Lipinski definition) is 0. The van der Waals surface area contributed by atoms with Crippen LogP contribution in [-0.2, 0) is 6.18 Å². The van der Waals surface area contributed by atoms with E-state index in [1.807, 2.05) is 0 Å². The summed E-state index contributed by atoms with van der Waals surface area (Å²) in [5, 5.41) is 7.27. The number of nitrogens with zero attached hydrogens (tertiary/aromatic N) is 6. The van der Waals surface area contributed by atoms with Gasteiger partial charge in [0.15, 0.2) is 11.5 Å². The van der Waals surface area contributed by atoms with Gasteiger partial charge in [0.2, 0.25) is 0 Å². The summed E-state index contributed by atoms with van der Waals surface area (Å²) < 4.78 is 40.1. The minimum absolute atomic E-state index is 0.204. The van der Waals surface area contributed by atoms with Crippen LogP contribution in [0.15, 0.2) is 31.1 Å². The Morgan fingerprint density at radius 3 is 2.72 bits per heavy atom. The Morgan fingerprint density at radius 1 is 1.22 bits per heavy atom. The highest BCUT2D eigenvalue weighted by molar-refractivity contribution is 5.60. The van der Waals surface area contributed by atoms with Crippen LogP contribution in [0.4, 0.5) is 13.2 Å². The summed E-state index contributed by atoms with van der Waals surface area (Å²) in [5.41, 5.74) is -0.771. The molecule has 3 heterocycles. The Bertz CT molecular complexity index is 684. The molecular weight excluding hydrogens is 249 g/mol. The molecule has 0 fully saturated rings. The van der Waals surface area contributed by atoms with E-state index in [1.165, 1.54) is 29.7 Å². The molecule has 9 heteroatoms. The first-order chi connectivity index (χ1) is 8.55. The summed E-state index contributed by atoms with van der Waals surface area (Å²) in [6.45, 7) is 0. The minimum Gasteiger partial charge on any atom is -0.235 e. The Morgan fingerprint density at radius 2 is 2.06 bits per heavy atom. The predicted molar refractivity (Wildman–Crippen MR) is 52.9 cm³/mol. The first kappa shape index (κ1) is 10.7. The van der Waals surface area contributed by atoms with Gasteiger partial charge in [0.1, 0.15) is 18.2 Å². The topological polar surface area (TPSA) is 60.9 Å². The van der Waals surface area contributed by atoms with E-state index in [4.69, 9.17) is 0 Å². The van der Waals surface area contributed by atoms with E-state index < -0.39 is 11.9 Å². The lowest BCUT2D eigenvalue weighted by molar-refractivity contribution is -0.141. The van der Waals surface area contributed by atoms with Crippen LogP contribution in [0.1, 0.15) is 5.69 Å². The quantitative estimate of drug-likeness (QED) is 0.657. The van der Waals surface area contributed by atoms with E-state index in [-0.39, 0.29) is 11.3 Å². The molecule has 3 rings (SSSR count). The van der Waals surface area contributed by atoms with Crippen molar-refractivity contribution in [3.63, 3.8) is 0 Å². The number of halogens is 3. The zero-order valence-electron chi connectivity index (χ0n) is 8.70. The van der Waals surface area contributed by atoms with E-state index in [1.54, 1.807) is 0 Å².